The third-order valence-corrected chi connectivity index (χ3v) is 5.13. The molecular formula is C19H14Cl2N4O2. The van der Waals surface area contributed by atoms with Gasteiger partial charge >= 0.3 is 5.69 Å². The van der Waals surface area contributed by atoms with Crippen molar-refractivity contribution in [3.05, 3.63) is 85.5 Å². The second kappa shape index (κ2) is 6.40. The van der Waals surface area contributed by atoms with Gasteiger partial charge in [0.15, 0.2) is 0 Å². The molecular weight excluding hydrogens is 387 g/mol. The fourth-order valence-corrected chi connectivity index (χ4v) is 3.78. The number of nitrogens with zero attached hydrogens (tertiary/aromatic N) is 3. The molecule has 0 fully saturated rings. The number of hydrogen-bond acceptors (Lipinski definition) is 3. The van der Waals surface area contributed by atoms with Gasteiger partial charge in [-0.2, -0.15) is 0 Å². The zero-order chi connectivity index (χ0) is 19.3. The Bertz CT molecular complexity index is 1190. The van der Waals surface area contributed by atoms with E-state index in [0.717, 1.165) is 0 Å². The highest BCUT2D eigenvalue weighted by molar-refractivity contribution is 6.36. The molecule has 1 aromatic heterocycles. The van der Waals surface area contributed by atoms with Gasteiger partial charge < -0.3 is 5.73 Å². The number of fused-ring (bicyclic) bond motifs is 3. The first-order chi connectivity index (χ1) is 12.9. The SMILES string of the molecule is Cn1c(C(N)=O)c2n(c1=O)-c1ccc(Cl)cc1C(c1ccccc1Cl)=NC2. The van der Waals surface area contributed by atoms with Crippen LogP contribution in [-0.2, 0) is 13.6 Å². The first-order valence-electron chi connectivity index (χ1n) is 8.10. The van der Waals surface area contributed by atoms with Crippen LogP contribution in [0.15, 0.2) is 52.3 Å². The number of amides is 1. The van der Waals surface area contributed by atoms with Crippen molar-refractivity contribution in [2.45, 2.75) is 6.54 Å². The van der Waals surface area contributed by atoms with Crippen LogP contribution < -0.4 is 11.4 Å². The second-order valence-corrected chi connectivity index (χ2v) is 6.99. The van der Waals surface area contributed by atoms with E-state index in [1.54, 1.807) is 24.3 Å². The minimum absolute atomic E-state index is 0.0984. The minimum Gasteiger partial charge on any atom is -0.364 e. The van der Waals surface area contributed by atoms with Crippen molar-refractivity contribution >= 4 is 34.8 Å². The van der Waals surface area contributed by atoms with Gasteiger partial charge in [0.05, 0.1) is 23.6 Å². The Kier molecular flexibility index (Phi) is 4.17. The van der Waals surface area contributed by atoms with E-state index in [1.165, 1.54) is 16.2 Å². The summed E-state index contributed by atoms with van der Waals surface area (Å²) in [5.41, 5.74) is 8.23. The number of rotatable bonds is 2. The summed E-state index contributed by atoms with van der Waals surface area (Å²) >= 11 is 12.6. The van der Waals surface area contributed by atoms with Crippen LogP contribution in [0.4, 0.5) is 0 Å². The molecule has 8 heteroatoms. The Hall–Kier alpha value is -2.83. The van der Waals surface area contributed by atoms with Crippen molar-refractivity contribution in [1.82, 2.24) is 9.13 Å². The van der Waals surface area contributed by atoms with Gasteiger partial charge in [-0.05, 0) is 24.3 Å². The van der Waals surface area contributed by atoms with Crippen LogP contribution in [0.5, 0.6) is 0 Å². The average molecular weight is 401 g/mol. The number of aliphatic imine (C=N–C) groups is 1. The standard InChI is InChI=1S/C19H14Cl2N4O2/c1-24-17(18(22)26)15-9-23-16(11-4-2-3-5-13(11)21)12-8-10(20)6-7-14(12)25(15)19(24)27/h2-8H,9H2,1H3,(H2,22,26). The highest BCUT2D eigenvalue weighted by atomic mass is 35.5. The Morgan fingerprint density at radius 1 is 1.15 bits per heavy atom. The van der Waals surface area contributed by atoms with Gasteiger partial charge in [0.2, 0.25) is 0 Å². The maximum atomic E-state index is 12.9. The van der Waals surface area contributed by atoms with Crippen LogP contribution in [0.3, 0.4) is 0 Å². The number of imidazole rings is 1. The molecule has 0 aliphatic carbocycles. The van der Waals surface area contributed by atoms with Crippen molar-refractivity contribution in [2.75, 3.05) is 0 Å². The summed E-state index contributed by atoms with van der Waals surface area (Å²) in [6, 6.07) is 12.4. The summed E-state index contributed by atoms with van der Waals surface area (Å²) in [4.78, 5) is 29.5. The summed E-state index contributed by atoms with van der Waals surface area (Å²) in [5.74, 6) is -0.685. The third kappa shape index (κ3) is 2.69. The van der Waals surface area contributed by atoms with Crippen LogP contribution in [0.25, 0.3) is 5.69 Å². The van der Waals surface area contributed by atoms with Crippen LogP contribution in [-0.4, -0.2) is 20.8 Å². The molecule has 4 rings (SSSR count). The number of primary amides is 1. The highest BCUT2D eigenvalue weighted by Crippen LogP contribution is 2.30. The van der Waals surface area contributed by atoms with Gasteiger partial charge in [-0.3, -0.25) is 18.9 Å². The molecule has 2 aromatic carbocycles. The van der Waals surface area contributed by atoms with Crippen molar-refractivity contribution in [2.24, 2.45) is 17.8 Å². The lowest BCUT2D eigenvalue weighted by Gasteiger charge is -2.12. The lowest BCUT2D eigenvalue weighted by Crippen LogP contribution is -2.25. The largest absolute Gasteiger partial charge is 0.364 e. The molecule has 0 spiro atoms. The molecule has 27 heavy (non-hydrogen) atoms. The highest BCUT2D eigenvalue weighted by Gasteiger charge is 2.28. The molecule has 3 aromatic rings. The summed E-state index contributed by atoms with van der Waals surface area (Å²) in [5, 5.41) is 1.02. The molecule has 0 saturated heterocycles. The first-order valence-corrected chi connectivity index (χ1v) is 8.85. The van der Waals surface area contributed by atoms with E-state index in [4.69, 9.17) is 28.9 Å². The van der Waals surface area contributed by atoms with Gasteiger partial charge in [0, 0.05) is 28.2 Å². The molecule has 0 radical (unpaired) electrons. The van der Waals surface area contributed by atoms with Gasteiger partial charge in [-0.15, -0.1) is 0 Å². The summed E-state index contributed by atoms with van der Waals surface area (Å²) in [7, 11) is 1.51. The van der Waals surface area contributed by atoms with E-state index < -0.39 is 5.91 Å². The van der Waals surface area contributed by atoms with Crippen LogP contribution in [0.2, 0.25) is 10.0 Å². The van der Waals surface area contributed by atoms with Crippen molar-refractivity contribution in [3.8, 4) is 5.69 Å². The molecule has 1 amide bonds. The number of carbonyl (C=O) groups excluding carboxylic acids is 1. The van der Waals surface area contributed by atoms with E-state index in [0.29, 0.717) is 38.3 Å². The van der Waals surface area contributed by atoms with Gasteiger partial charge in [-0.25, -0.2) is 4.79 Å². The Morgan fingerprint density at radius 3 is 2.59 bits per heavy atom. The lowest BCUT2D eigenvalue weighted by atomic mass is 10.0. The number of benzene rings is 2. The minimum atomic E-state index is -0.685. The topological polar surface area (TPSA) is 82.4 Å². The summed E-state index contributed by atoms with van der Waals surface area (Å²) in [6.07, 6.45) is 0. The number of halogens is 2. The van der Waals surface area contributed by atoms with Crippen molar-refractivity contribution in [3.63, 3.8) is 0 Å². The third-order valence-electron chi connectivity index (χ3n) is 4.56. The van der Waals surface area contributed by atoms with E-state index in [-0.39, 0.29) is 17.9 Å². The Labute approximate surface area is 164 Å². The predicted octanol–water partition coefficient (Wildman–Crippen LogP) is 2.93. The molecule has 0 bridgehead atoms. The zero-order valence-corrected chi connectivity index (χ0v) is 15.8. The molecule has 1 aliphatic heterocycles. The zero-order valence-electron chi connectivity index (χ0n) is 14.2. The van der Waals surface area contributed by atoms with E-state index >= 15 is 0 Å². The van der Waals surface area contributed by atoms with Crippen molar-refractivity contribution < 1.29 is 4.79 Å². The molecule has 2 heterocycles. The number of carbonyl (C=O) groups is 1. The molecule has 6 nitrogen and oxygen atoms in total. The maximum absolute atomic E-state index is 12.9. The van der Waals surface area contributed by atoms with Gasteiger partial charge in [-0.1, -0.05) is 41.4 Å². The molecule has 0 atom stereocenters. The molecule has 2 N–H and O–H groups in total. The van der Waals surface area contributed by atoms with E-state index in [2.05, 4.69) is 4.99 Å². The van der Waals surface area contributed by atoms with Crippen LogP contribution in [0.1, 0.15) is 27.3 Å². The molecule has 0 saturated carbocycles. The van der Waals surface area contributed by atoms with Crippen LogP contribution in [0, 0.1) is 0 Å². The Morgan fingerprint density at radius 2 is 1.89 bits per heavy atom. The fraction of sp³-hybridized carbons (Fsp3) is 0.105. The predicted molar refractivity (Wildman–Crippen MR) is 105 cm³/mol. The summed E-state index contributed by atoms with van der Waals surface area (Å²) in [6.45, 7) is 0.0984. The van der Waals surface area contributed by atoms with E-state index in [1.807, 2.05) is 18.2 Å². The van der Waals surface area contributed by atoms with Crippen molar-refractivity contribution in [1.29, 1.82) is 0 Å². The van der Waals surface area contributed by atoms with Gasteiger partial charge in [0.1, 0.15) is 5.69 Å². The van der Waals surface area contributed by atoms with Gasteiger partial charge in [0.25, 0.3) is 5.91 Å². The smallest absolute Gasteiger partial charge is 0.333 e. The van der Waals surface area contributed by atoms with Crippen LogP contribution >= 0.6 is 23.2 Å². The average Bonchev–Trinajstić information content (AvgIpc) is 2.78. The lowest BCUT2D eigenvalue weighted by molar-refractivity contribution is 0.0991. The van der Waals surface area contributed by atoms with E-state index in [9.17, 15) is 9.59 Å². The summed E-state index contributed by atoms with van der Waals surface area (Å²) < 4.78 is 2.70. The maximum Gasteiger partial charge on any atom is 0.333 e. The Balaban J connectivity index is 2.09. The monoisotopic (exact) mass is 400 g/mol. The molecule has 136 valence electrons. The molecule has 0 unspecified atom stereocenters. The normalized spacial score (nSPS) is 12.8. The fourth-order valence-electron chi connectivity index (χ4n) is 3.38. The number of aromatic nitrogens is 2. The number of nitrogens with two attached hydrogens (primary N) is 1. The second-order valence-electron chi connectivity index (χ2n) is 6.14. The molecule has 1 aliphatic rings. The first kappa shape index (κ1) is 17.6. The quantitative estimate of drug-likeness (QED) is 0.717. The number of hydrogen-bond donors (Lipinski definition) is 1.